The summed E-state index contributed by atoms with van der Waals surface area (Å²) in [6.07, 6.45) is 0. The highest BCUT2D eigenvalue weighted by molar-refractivity contribution is 7.99. The second-order valence-electron chi connectivity index (χ2n) is 2.74. The smallest absolute Gasteiger partial charge is 0.0713 e. The van der Waals surface area contributed by atoms with Gasteiger partial charge in [-0.15, -0.1) is 11.8 Å². The van der Waals surface area contributed by atoms with Crippen LogP contribution in [-0.4, -0.2) is 12.9 Å². The van der Waals surface area contributed by atoms with E-state index in [1.54, 1.807) is 18.9 Å². The predicted molar refractivity (Wildman–Crippen MR) is 58.0 cm³/mol. The van der Waals surface area contributed by atoms with Crippen LogP contribution in [0.3, 0.4) is 0 Å². The van der Waals surface area contributed by atoms with Crippen LogP contribution in [-0.2, 0) is 11.3 Å². The maximum absolute atomic E-state index is 5.86. The molecule has 0 unspecified atom stereocenters. The monoisotopic (exact) mass is 197 g/mol. The van der Waals surface area contributed by atoms with Crippen molar-refractivity contribution in [2.75, 3.05) is 18.6 Å². The first-order valence-corrected chi connectivity index (χ1v) is 5.26. The first kappa shape index (κ1) is 10.4. The molecule has 0 spiro atoms. The van der Waals surface area contributed by atoms with Gasteiger partial charge in [0.05, 0.1) is 6.61 Å². The van der Waals surface area contributed by atoms with Crippen LogP contribution in [0.5, 0.6) is 0 Å². The number of thioether (sulfide) groups is 1. The van der Waals surface area contributed by atoms with Gasteiger partial charge in [-0.05, 0) is 23.4 Å². The zero-order chi connectivity index (χ0) is 9.68. The average Bonchev–Trinajstić information content (AvgIpc) is 2.10. The number of ether oxygens (including phenoxy) is 1. The molecule has 0 aliphatic heterocycles. The molecule has 0 aliphatic rings. The molecule has 0 atom stereocenters. The molecule has 0 bridgehead atoms. The maximum atomic E-state index is 5.86. The van der Waals surface area contributed by atoms with Gasteiger partial charge in [-0.3, -0.25) is 0 Å². The lowest BCUT2D eigenvalue weighted by Gasteiger charge is -2.06. The Morgan fingerprint density at radius 2 is 2.23 bits per heavy atom. The van der Waals surface area contributed by atoms with Crippen LogP contribution in [0.25, 0.3) is 0 Å². The van der Waals surface area contributed by atoms with Crippen molar-refractivity contribution in [3.8, 4) is 0 Å². The molecule has 0 fully saturated rings. The molecule has 0 heterocycles. The van der Waals surface area contributed by atoms with E-state index < -0.39 is 0 Å². The van der Waals surface area contributed by atoms with Gasteiger partial charge in [-0.25, -0.2) is 0 Å². The molecule has 1 aromatic carbocycles. The number of methoxy groups -OCH3 is 1. The number of hydrogen-bond donors (Lipinski definition) is 1. The molecular weight excluding hydrogens is 182 g/mol. The Bertz CT molecular complexity index is 276. The molecule has 72 valence electrons. The van der Waals surface area contributed by atoms with E-state index >= 15 is 0 Å². The summed E-state index contributed by atoms with van der Waals surface area (Å²) in [6, 6.07) is 6.08. The molecule has 0 aliphatic carbocycles. The highest BCUT2D eigenvalue weighted by atomic mass is 32.2. The van der Waals surface area contributed by atoms with Gasteiger partial charge in [0.15, 0.2) is 0 Å². The Morgan fingerprint density at radius 1 is 1.46 bits per heavy atom. The van der Waals surface area contributed by atoms with Crippen LogP contribution >= 0.6 is 11.8 Å². The zero-order valence-electron chi connectivity index (χ0n) is 8.04. The SMILES string of the molecule is CCSc1ccc(COC)cc1N. The summed E-state index contributed by atoms with van der Waals surface area (Å²) in [5.41, 5.74) is 7.84. The van der Waals surface area contributed by atoms with Gasteiger partial charge >= 0.3 is 0 Å². The third-order valence-corrected chi connectivity index (χ3v) is 2.66. The lowest BCUT2D eigenvalue weighted by molar-refractivity contribution is 0.185. The molecule has 0 saturated carbocycles. The van der Waals surface area contributed by atoms with E-state index in [4.69, 9.17) is 10.5 Å². The van der Waals surface area contributed by atoms with Gasteiger partial charge in [0.25, 0.3) is 0 Å². The van der Waals surface area contributed by atoms with E-state index in [1.807, 2.05) is 6.07 Å². The molecule has 0 amide bonds. The third-order valence-electron chi connectivity index (χ3n) is 1.69. The number of rotatable bonds is 4. The fraction of sp³-hybridized carbons (Fsp3) is 0.400. The summed E-state index contributed by atoms with van der Waals surface area (Å²) < 4.78 is 5.02. The largest absolute Gasteiger partial charge is 0.398 e. The maximum Gasteiger partial charge on any atom is 0.0713 e. The minimum absolute atomic E-state index is 0.626. The predicted octanol–water partition coefficient (Wildman–Crippen LogP) is 2.53. The van der Waals surface area contributed by atoms with Gasteiger partial charge in [-0.1, -0.05) is 13.0 Å². The van der Waals surface area contributed by atoms with E-state index in [-0.39, 0.29) is 0 Å². The van der Waals surface area contributed by atoms with Crippen molar-refractivity contribution >= 4 is 17.4 Å². The number of anilines is 1. The van der Waals surface area contributed by atoms with Crippen molar-refractivity contribution in [3.63, 3.8) is 0 Å². The van der Waals surface area contributed by atoms with Gasteiger partial charge in [0.1, 0.15) is 0 Å². The minimum atomic E-state index is 0.626. The molecule has 2 N–H and O–H groups in total. The number of nitrogens with two attached hydrogens (primary N) is 1. The van der Waals surface area contributed by atoms with Gasteiger partial charge in [0.2, 0.25) is 0 Å². The van der Waals surface area contributed by atoms with Crippen LogP contribution < -0.4 is 5.73 Å². The summed E-state index contributed by atoms with van der Waals surface area (Å²) in [5.74, 6) is 1.05. The standard InChI is InChI=1S/C10H15NOS/c1-3-13-10-5-4-8(7-12-2)6-9(10)11/h4-6H,3,7,11H2,1-2H3. The van der Waals surface area contributed by atoms with Crippen molar-refractivity contribution in [1.82, 2.24) is 0 Å². The van der Waals surface area contributed by atoms with Crippen molar-refractivity contribution < 1.29 is 4.74 Å². The summed E-state index contributed by atoms with van der Waals surface area (Å²) in [7, 11) is 1.69. The summed E-state index contributed by atoms with van der Waals surface area (Å²) >= 11 is 1.76. The van der Waals surface area contributed by atoms with E-state index in [2.05, 4.69) is 19.1 Å². The lowest BCUT2D eigenvalue weighted by Crippen LogP contribution is -1.93. The molecule has 13 heavy (non-hydrogen) atoms. The Hall–Kier alpha value is -0.670. The topological polar surface area (TPSA) is 35.2 Å². The molecule has 0 aromatic heterocycles. The van der Waals surface area contributed by atoms with Crippen molar-refractivity contribution in [2.24, 2.45) is 0 Å². The molecule has 1 rings (SSSR count). The lowest BCUT2D eigenvalue weighted by atomic mass is 10.2. The number of benzene rings is 1. The van der Waals surface area contributed by atoms with Crippen molar-refractivity contribution in [2.45, 2.75) is 18.4 Å². The Kier molecular flexibility index (Phi) is 4.12. The van der Waals surface area contributed by atoms with Crippen molar-refractivity contribution in [1.29, 1.82) is 0 Å². The van der Waals surface area contributed by atoms with Crippen LogP contribution in [0.4, 0.5) is 5.69 Å². The average molecular weight is 197 g/mol. The Balaban J connectivity index is 2.79. The summed E-state index contributed by atoms with van der Waals surface area (Å²) in [4.78, 5) is 1.15. The van der Waals surface area contributed by atoms with E-state index in [0.29, 0.717) is 6.61 Å². The highest BCUT2D eigenvalue weighted by Gasteiger charge is 1.99. The Labute approximate surface area is 83.5 Å². The molecule has 3 heteroatoms. The Morgan fingerprint density at radius 3 is 2.77 bits per heavy atom. The summed E-state index contributed by atoms with van der Waals surface area (Å²) in [6.45, 7) is 2.74. The highest BCUT2D eigenvalue weighted by Crippen LogP contribution is 2.25. The fourth-order valence-electron chi connectivity index (χ4n) is 1.14. The van der Waals surface area contributed by atoms with Crippen LogP contribution in [0, 0.1) is 0 Å². The third kappa shape index (κ3) is 2.94. The molecule has 2 nitrogen and oxygen atoms in total. The molecular formula is C10H15NOS. The molecule has 0 radical (unpaired) electrons. The second-order valence-corrected chi connectivity index (χ2v) is 4.04. The summed E-state index contributed by atoms with van der Waals surface area (Å²) in [5, 5.41) is 0. The number of nitrogen functional groups attached to an aromatic ring is 1. The molecule has 1 aromatic rings. The van der Waals surface area contributed by atoms with E-state index in [9.17, 15) is 0 Å². The van der Waals surface area contributed by atoms with Crippen LogP contribution in [0.2, 0.25) is 0 Å². The quantitative estimate of drug-likeness (QED) is 0.595. The second kappa shape index (κ2) is 5.14. The minimum Gasteiger partial charge on any atom is -0.398 e. The van der Waals surface area contributed by atoms with E-state index in [0.717, 1.165) is 21.9 Å². The first-order chi connectivity index (χ1) is 6.27. The van der Waals surface area contributed by atoms with Gasteiger partial charge < -0.3 is 10.5 Å². The first-order valence-electron chi connectivity index (χ1n) is 4.28. The van der Waals surface area contributed by atoms with Crippen LogP contribution in [0.1, 0.15) is 12.5 Å². The van der Waals surface area contributed by atoms with Crippen LogP contribution in [0.15, 0.2) is 23.1 Å². The molecule has 0 saturated heterocycles. The van der Waals surface area contributed by atoms with Gasteiger partial charge in [-0.2, -0.15) is 0 Å². The van der Waals surface area contributed by atoms with Gasteiger partial charge in [0, 0.05) is 17.7 Å². The van der Waals surface area contributed by atoms with E-state index in [1.165, 1.54) is 0 Å². The fourth-order valence-corrected chi connectivity index (χ4v) is 1.84. The van der Waals surface area contributed by atoms with Crippen molar-refractivity contribution in [3.05, 3.63) is 23.8 Å². The normalized spacial score (nSPS) is 10.3. The number of hydrogen-bond acceptors (Lipinski definition) is 3. The zero-order valence-corrected chi connectivity index (χ0v) is 8.86.